The second-order valence-electron chi connectivity index (χ2n) is 3.38. The van der Waals surface area contributed by atoms with Gasteiger partial charge in [-0.3, -0.25) is 4.79 Å². The van der Waals surface area contributed by atoms with Crippen LogP contribution in [0.2, 0.25) is 0 Å². The summed E-state index contributed by atoms with van der Waals surface area (Å²) in [7, 11) is 1.33. The molecule has 0 saturated heterocycles. The Morgan fingerprint density at radius 3 is 2.76 bits per heavy atom. The van der Waals surface area contributed by atoms with Gasteiger partial charge in [0.25, 0.3) is 0 Å². The normalized spacial score (nSPS) is 9.82. The van der Waals surface area contributed by atoms with Crippen molar-refractivity contribution in [2.45, 2.75) is 19.8 Å². The van der Waals surface area contributed by atoms with Crippen molar-refractivity contribution in [1.29, 1.82) is 0 Å². The molecule has 94 valence electrons. The molecular formula is C10H17N5O2. The first-order chi connectivity index (χ1) is 8.19. The lowest BCUT2D eigenvalue weighted by Gasteiger charge is -2.08. The van der Waals surface area contributed by atoms with E-state index in [1.165, 1.54) is 7.11 Å². The van der Waals surface area contributed by atoms with E-state index in [1.54, 1.807) is 6.07 Å². The van der Waals surface area contributed by atoms with Gasteiger partial charge in [0.1, 0.15) is 24.0 Å². The van der Waals surface area contributed by atoms with Gasteiger partial charge in [-0.25, -0.2) is 15.8 Å². The van der Waals surface area contributed by atoms with E-state index < -0.39 is 0 Å². The first-order valence-electron chi connectivity index (χ1n) is 5.34. The molecular weight excluding hydrogens is 222 g/mol. The average Bonchev–Trinajstić information content (AvgIpc) is 2.36. The van der Waals surface area contributed by atoms with Gasteiger partial charge in [-0.2, -0.15) is 0 Å². The zero-order valence-corrected chi connectivity index (χ0v) is 9.99. The Kier molecular flexibility index (Phi) is 5.15. The van der Waals surface area contributed by atoms with Gasteiger partial charge in [-0.15, -0.1) is 0 Å². The number of carbonyl (C=O) groups is 1. The topological polar surface area (TPSA) is 102 Å². The van der Waals surface area contributed by atoms with E-state index in [4.69, 9.17) is 5.84 Å². The molecule has 1 rings (SSSR count). The fourth-order valence-corrected chi connectivity index (χ4v) is 1.23. The molecule has 0 aliphatic rings. The van der Waals surface area contributed by atoms with Gasteiger partial charge in [0, 0.05) is 12.5 Å². The summed E-state index contributed by atoms with van der Waals surface area (Å²) in [6, 6.07) is 1.63. The first kappa shape index (κ1) is 13.2. The van der Waals surface area contributed by atoms with E-state index in [-0.39, 0.29) is 12.5 Å². The fraction of sp³-hybridized carbons (Fsp3) is 0.500. The summed E-state index contributed by atoms with van der Waals surface area (Å²) in [5.41, 5.74) is 2.46. The minimum atomic E-state index is -0.358. The number of carbonyl (C=O) groups excluding carboxylic acids is 1. The number of methoxy groups -OCH3 is 1. The van der Waals surface area contributed by atoms with Crippen LogP contribution in [-0.2, 0) is 16.0 Å². The summed E-state index contributed by atoms with van der Waals surface area (Å²) in [4.78, 5) is 19.4. The van der Waals surface area contributed by atoms with E-state index in [1.807, 2.05) is 6.92 Å². The molecule has 1 heterocycles. The fourth-order valence-electron chi connectivity index (χ4n) is 1.23. The highest BCUT2D eigenvalue weighted by Gasteiger charge is 2.05. The number of aromatic nitrogens is 2. The van der Waals surface area contributed by atoms with Crippen LogP contribution in [0.25, 0.3) is 0 Å². The largest absolute Gasteiger partial charge is 0.468 e. The molecule has 1 aromatic rings. The minimum absolute atomic E-state index is 0.0586. The second kappa shape index (κ2) is 6.64. The lowest BCUT2D eigenvalue weighted by atomic mass is 10.3. The summed E-state index contributed by atoms with van der Waals surface area (Å²) in [6.45, 7) is 2.09. The minimum Gasteiger partial charge on any atom is -0.468 e. The van der Waals surface area contributed by atoms with Crippen molar-refractivity contribution in [3.63, 3.8) is 0 Å². The molecule has 0 radical (unpaired) electrons. The maximum Gasteiger partial charge on any atom is 0.325 e. The van der Waals surface area contributed by atoms with Crippen molar-refractivity contribution in [3.8, 4) is 0 Å². The maximum atomic E-state index is 11.0. The SMILES string of the molecule is CCCc1nc(NN)cc(NCC(=O)OC)n1. The highest BCUT2D eigenvalue weighted by molar-refractivity contribution is 5.74. The number of rotatable bonds is 6. The Balaban J connectivity index is 2.75. The average molecular weight is 239 g/mol. The molecule has 0 bridgehead atoms. The van der Waals surface area contributed by atoms with Gasteiger partial charge in [0.2, 0.25) is 0 Å². The van der Waals surface area contributed by atoms with Gasteiger partial charge < -0.3 is 15.5 Å². The van der Waals surface area contributed by atoms with Gasteiger partial charge >= 0.3 is 5.97 Å². The van der Waals surface area contributed by atoms with Gasteiger partial charge in [-0.05, 0) is 6.42 Å². The van der Waals surface area contributed by atoms with Gasteiger partial charge in [0.15, 0.2) is 0 Å². The number of ether oxygens (including phenoxy) is 1. The number of nitrogens with two attached hydrogens (primary N) is 1. The Labute approximate surface area is 99.7 Å². The monoisotopic (exact) mass is 239 g/mol. The number of anilines is 2. The molecule has 0 aliphatic heterocycles. The summed E-state index contributed by atoms with van der Waals surface area (Å²) >= 11 is 0. The van der Waals surface area contributed by atoms with E-state index in [9.17, 15) is 4.79 Å². The maximum absolute atomic E-state index is 11.0. The third-order valence-corrected chi connectivity index (χ3v) is 2.04. The lowest BCUT2D eigenvalue weighted by Crippen LogP contribution is -2.17. The molecule has 0 aliphatic carbocycles. The van der Waals surface area contributed by atoms with Crippen LogP contribution < -0.4 is 16.6 Å². The third kappa shape index (κ3) is 4.23. The zero-order valence-electron chi connectivity index (χ0n) is 9.99. The van der Waals surface area contributed by atoms with Gasteiger partial charge in [-0.1, -0.05) is 6.92 Å². The number of nitrogens with zero attached hydrogens (tertiary/aromatic N) is 2. The number of hydrazine groups is 1. The molecule has 0 atom stereocenters. The number of aryl methyl sites for hydroxylation is 1. The molecule has 0 saturated carbocycles. The molecule has 1 aromatic heterocycles. The van der Waals surface area contributed by atoms with E-state index >= 15 is 0 Å². The van der Waals surface area contributed by atoms with Crippen molar-refractivity contribution in [2.24, 2.45) is 5.84 Å². The molecule has 0 unspecified atom stereocenters. The number of nitrogens with one attached hydrogen (secondary N) is 2. The smallest absolute Gasteiger partial charge is 0.325 e. The molecule has 0 fully saturated rings. The van der Waals surface area contributed by atoms with Crippen LogP contribution >= 0.6 is 0 Å². The number of hydrogen-bond donors (Lipinski definition) is 3. The van der Waals surface area contributed by atoms with E-state index in [2.05, 4.69) is 25.4 Å². The molecule has 0 amide bonds. The van der Waals surface area contributed by atoms with Crippen molar-refractivity contribution in [3.05, 3.63) is 11.9 Å². The van der Waals surface area contributed by atoms with Crippen molar-refractivity contribution >= 4 is 17.6 Å². The summed E-state index contributed by atoms with van der Waals surface area (Å²) in [5.74, 6) is 6.68. The van der Waals surface area contributed by atoms with Crippen LogP contribution in [0.15, 0.2) is 6.07 Å². The Hall–Kier alpha value is -1.89. The lowest BCUT2D eigenvalue weighted by molar-refractivity contribution is -0.138. The summed E-state index contributed by atoms with van der Waals surface area (Å²) in [6.07, 6.45) is 1.69. The number of nitrogen functional groups attached to an aromatic ring is 1. The van der Waals surface area contributed by atoms with Crippen molar-refractivity contribution in [2.75, 3.05) is 24.4 Å². The molecule has 0 spiro atoms. The van der Waals surface area contributed by atoms with Crippen LogP contribution in [0.3, 0.4) is 0 Å². The highest BCUT2D eigenvalue weighted by atomic mass is 16.5. The molecule has 4 N–H and O–H groups in total. The van der Waals surface area contributed by atoms with Crippen LogP contribution in [0.5, 0.6) is 0 Å². The number of esters is 1. The summed E-state index contributed by atoms with van der Waals surface area (Å²) in [5, 5.41) is 2.85. The first-order valence-corrected chi connectivity index (χ1v) is 5.34. The predicted octanol–water partition coefficient (Wildman–Crippen LogP) is 0.300. The molecule has 17 heavy (non-hydrogen) atoms. The predicted molar refractivity (Wildman–Crippen MR) is 64.3 cm³/mol. The van der Waals surface area contributed by atoms with Crippen LogP contribution in [0, 0.1) is 0 Å². The van der Waals surface area contributed by atoms with Gasteiger partial charge in [0.05, 0.1) is 7.11 Å². The van der Waals surface area contributed by atoms with Crippen molar-refractivity contribution in [1.82, 2.24) is 9.97 Å². The van der Waals surface area contributed by atoms with E-state index in [0.29, 0.717) is 17.5 Å². The van der Waals surface area contributed by atoms with Crippen molar-refractivity contribution < 1.29 is 9.53 Å². The third-order valence-electron chi connectivity index (χ3n) is 2.04. The molecule has 7 heteroatoms. The second-order valence-corrected chi connectivity index (χ2v) is 3.38. The Morgan fingerprint density at radius 1 is 1.47 bits per heavy atom. The standard InChI is InChI=1S/C10H17N5O2/c1-3-4-7-13-8(5-9(14-7)15-11)12-6-10(16)17-2/h5H,3-4,6,11H2,1-2H3,(H2,12,13,14,15). The quantitative estimate of drug-likeness (QED) is 0.372. The Morgan fingerprint density at radius 2 is 2.18 bits per heavy atom. The summed E-state index contributed by atoms with van der Waals surface area (Å²) < 4.78 is 4.52. The Bertz CT molecular complexity index is 383. The van der Waals surface area contributed by atoms with Crippen LogP contribution in [0.1, 0.15) is 19.2 Å². The number of hydrogen-bond acceptors (Lipinski definition) is 7. The highest BCUT2D eigenvalue weighted by Crippen LogP contribution is 2.11. The zero-order chi connectivity index (χ0) is 12.7. The van der Waals surface area contributed by atoms with Crippen LogP contribution in [0.4, 0.5) is 11.6 Å². The molecule has 7 nitrogen and oxygen atoms in total. The van der Waals surface area contributed by atoms with E-state index in [0.717, 1.165) is 12.8 Å². The van der Waals surface area contributed by atoms with Crippen LogP contribution in [-0.4, -0.2) is 29.6 Å². The molecule has 0 aromatic carbocycles.